The van der Waals surface area contributed by atoms with Gasteiger partial charge in [0.25, 0.3) is 0 Å². The van der Waals surface area contributed by atoms with E-state index in [-0.39, 0.29) is 12.3 Å². The van der Waals surface area contributed by atoms with E-state index in [0.717, 1.165) is 12.8 Å². The van der Waals surface area contributed by atoms with Gasteiger partial charge in [-0.15, -0.1) is 0 Å². The molecule has 6 heteroatoms. The molecule has 1 fully saturated rings. The number of aliphatic carboxylic acids is 1. The van der Waals surface area contributed by atoms with Crippen molar-refractivity contribution in [3.05, 3.63) is 0 Å². The lowest BCUT2D eigenvalue weighted by molar-refractivity contribution is -0.151. The van der Waals surface area contributed by atoms with E-state index >= 15 is 0 Å². The topological polar surface area (TPSA) is 83.5 Å². The first-order chi connectivity index (χ1) is 7.81. The van der Waals surface area contributed by atoms with Gasteiger partial charge in [0.05, 0.1) is 11.2 Å². The second-order valence-corrected chi connectivity index (χ2v) is 7.09. The third kappa shape index (κ3) is 3.67. The highest BCUT2D eigenvalue weighted by atomic mass is 32.2. The molecule has 1 aliphatic rings. The summed E-state index contributed by atoms with van der Waals surface area (Å²) in [5.74, 6) is -0.368. The van der Waals surface area contributed by atoms with Gasteiger partial charge in [-0.2, -0.15) is 0 Å². The number of carbonyl (C=O) groups is 1. The van der Waals surface area contributed by atoms with Crippen LogP contribution in [0.25, 0.3) is 0 Å². The van der Waals surface area contributed by atoms with Gasteiger partial charge in [-0.3, -0.25) is 4.79 Å². The molecule has 0 bridgehead atoms. The van der Waals surface area contributed by atoms with Gasteiger partial charge in [0.1, 0.15) is 0 Å². The van der Waals surface area contributed by atoms with E-state index in [4.69, 9.17) is 0 Å². The fourth-order valence-corrected chi connectivity index (χ4v) is 2.83. The number of hydrogen-bond acceptors (Lipinski definition) is 3. The van der Waals surface area contributed by atoms with Crippen LogP contribution < -0.4 is 4.72 Å². The minimum absolute atomic E-state index is 0.0148. The monoisotopic (exact) mass is 263 g/mol. The first-order valence-corrected chi connectivity index (χ1v) is 7.67. The van der Waals surface area contributed by atoms with Gasteiger partial charge >= 0.3 is 5.97 Å². The van der Waals surface area contributed by atoms with Crippen LogP contribution >= 0.6 is 0 Å². The van der Waals surface area contributed by atoms with Gasteiger partial charge in [0.15, 0.2) is 0 Å². The Labute approximate surface area is 103 Å². The van der Waals surface area contributed by atoms with Crippen molar-refractivity contribution < 1.29 is 18.3 Å². The van der Waals surface area contributed by atoms with Crippen LogP contribution in [0.15, 0.2) is 0 Å². The third-order valence-electron chi connectivity index (χ3n) is 3.70. The molecule has 0 heterocycles. The number of nitrogens with one attached hydrogen (secondary N) is 1. The smallest absolute Gasteiger partial charge is 0.310 e. The highest BCUT2D eigenvalue weighted by Gasteiger charge is 2.41. The lowest BCUT2D eigenvalue weighted by atomic mass is 9.71. The van der Waals surface area contributed by atoms with E-state index in [0.29, 0.717) is 18.8 Å². The third-order valence-corrected chi connectivity index (χ3v) is 5.04. The molecular formula is C11H21NO4S. The van der Waals surface area contributed by atoms with Crippen molar-refractivity contribution in [1.29, 1.82) is 0 Å². The Hall–Kier alpha value is -0.620. The van der Waals surface area contributed by atoms with Gasteiger partial charge in [0.2, 0.25) is 10.0 Å². The quantitative estimate of drug-likeness (QED) is 0.781. The zero-order valence-corrected chi connectivity index (χ0v) is 11.2. The van der Waals surface area contributed by atoms with Gasteiger partial charge in [-0.1, -0.05) is 6.92 Å². The molecule has 2 N–H and O–H groups in total. The Morgan fingerprint density at radius 2 is 1.94 bits per heavy atom. The van der Waals surface area contributed by atoms with Crippen LogP contribution in [0.3, 0.4) is 0 Å². The van der Waals surface area contributed by atoms with Crippen LogP contribution in [0.2, 0.25) is 0 Å². The molecular weight excluding hydrogens is 242 g/mol. The van der Waals surface area contributed by atoms with Crippen molar-refractivity contribution in [3.63, 3.8) is 0 Å². The van der Waals surface area contributed by atoms with Crippen LogP contribution in [-0.4, -0.2) is 31.8 Å². The second kappa shape index (κ2) is 5.35. The summed E-state index contributed by atoms with van der Waals surface area (Å²) in [7, 11) is -3.32. The minimum Gasteiger partial charge on any atom is -0.481 e. The summed E-state index contributed by atoms with van der Waals surface area (Å²) in [6.07, 6.45) is 2.80. The molecule has 0 aliphatic heterocycles. The summed E-state index contributed by atoms with van der Waals surface area (Å²) in [4.78, 5) is 11.4. The maximum Gasteiger partial charge on any atom is 0.310 e. The van der Waals surface area contributed by atoms with Gasteiger partial charge in [0, 0.05) is 6.54 Å². The maximum atomic E-state index is 11.4. The summed E-state index contributed by atoms with van der Waals surface area (Å²) in [6, 6.07) is 0. The molecule has 0 amide bonds. The summed E-state index contributed by atoms with van der Waals surface area (Å²) in [5, 5.41) is 9.31. The van der Waals surface area contributed by atoms with Crippen molar-refractivity contribution in [2.45, 2.75) is 39.5 Å². The van der Waals surface area contributed by atoms with E-state index in [1.165, 1.54) is 0 Å². The Kier molecular flexibility index (Phi) is 4.55. The molecule has 0 unspecified atom stereocenters. The van der Waals surface area contributed by atoms with Crippen LogP contribution in [0.5, 0.6) is 0 Å². The lowest BCUT2D eigenvalue weighted by Crippen LogP contribution is -2.45. The lowest BCUT2D eigenvalue weighted by Gasteiger charge is -2.35. The highest BCUT2D eigenvalue weighted by Crippen LogP contribution is 2.38. The molecule has 0 aromatic carbocycles. The number of sulfonamides is 1. The van der Waals surface area contributed by atoms with Crippen molar-refractivity contribution in [3.8, 4) is 0 Å². The maximum absolute atomic E-state index is 11.4. The normalized spacial score (nSPS) is 30.1. The molecule has 0 saturated heterocycles. The Bertz CT molecular complexity index is 369. The van der Waals surface area contributed by atoms with Gasteiger partial charge in [-0.05, 0) is 38.5 Å². The Morgan fingerprint density at radius 3 is 2.35 bits per heavy atom. The summed E-state index contributed by atoms with van der Waals surface area (Å²) in [5.41, 5.74) is -0.908. The molecule has 1 saturated carbocycles. The highest BCUT2D eigenvalue weighted by molar-refractivity contribution is 7.89. The van der Waals surface area contributed by atoms with Crippen molar-refractivity contribution >= 4 is 16.0 Å². The number of hydrogen-bond donors (Lipinski definition) is 2. The minimum atomic E-state index is -3.32. The number of carboxylic acid groups (broad SMARTS) is 1. The zero-order chi connectivity index (χ0) is 13.1. The Balaban J connectivity index is 2.71. The number of carboxylic acids is 1. The van der Waals surface area contributed by atoms with E-state index in [2.05, 4.69) is 11.6 Å². The molecule has 0 aromatic heterocycles. The Morgan fingerprint density at radius 1 is 1.41 bits per heavy atom. The molecule has 0 radical (unpaired) electrons. The van der Waals surface area contributed by atoms with Crippen molar-refractivity contribution in [2.75, 3.05) is 12.3 Å². The van der Waals surface area contributed by atoms with E-state index in [1.807, 2.05) is 0 Å². The van der Waals surface area contributed by atoms with Crippen LogP contribution in [0.1, 0.15) is 39.5 Å². The fourth-order valence-electron chi connectivity index (χ4n) is 2.13. The van der Waals surface area contributed by atoms with Crippen LogP contribution in [-0.2, 0) is 14.8 Å². The summed E-state index contributed by atoms with van der Waals surface area (Å²) >= 11 is 0. The molecule has 1 aliphatic carbocycles. The summed E-state index contributed by atoms with van der Waals surface area (Å²) < 4.78 is 25.1. The van der Waals surface area contributed by atoms with Crippen molar-refractivity contribution in [1.82, 2.24) is 4.72 Å². The molecule has 0 aromatic rings. The van der Waals surface area contributed by atoms with Crippen LogP contribution in [0.4, 0.5) is 0 Å². The van der Waals surface area contributed by atoms with Crippen LogP contribution in [0, 0.1) is 11.3 Å². The molecule has 0 spiro atoms. The summed E-state index contributed by atoms with van der Waals surface area (Å²) in [6.45, 7) is 3.66. The SMILES string of the molecule is CCS(=O)(=O)NCC1(C(=O)O)CCC(C)CC1. The van der Waals surface area contributed by atoms with E-state index in [9.17, 15) is 18.3 Å². The molecule has 17 heavy (non-hydrogen) atoms. The average Bonchev–Trinajstić information content (AvgIpc) is 2.28. The molecule has 5 nitrogen and oxygen atoms in total. The van der Waals surface area contributed by atoms with Gasteiger partial charge in [-0.25, -0.2) is 13.1 Å². The first-order valence-electron chi connectivity index (χ1n) is 6.02. The van der Waals surface area contributed by atoms with E-state index in [1.54, 1.807) is 6.92 Å². The standard InChI is InChI=1S/C11H21NO4S/c1-3-17(15,16)12-8-11(10(13)14)6-4-9(2)5-7-11/h9,12H,3-8H2,1-2H3,(H,13,14). The molecule has 0 atom stereocenters. The molecule has 100 valence electrons. The predicted molar refractivity (Wildman–Crippen MR) is 65.2 cm³/mol. The average molecular weight is 263 g/mol. The zero-order valence-electron chi connectivity index (χ0n) is 10.4. The largest absolute Gasteiger partial charge is 0.481 e. The van der Waals surface area contributed by atoms with Crippen molar-refractivity contribution in [2.24, 2.45) is 11.3 Å². The predicted octanol–water partition coefficient (Wildman–Crippen LogP) is 1.21. The number of rotatable bonds is 5. The first kappa shape index (κ1) is 14.4. The fraction of sp³-hybridized carbons (Fsp3) is 0.909. The second-order valence-electron chi connectivity index (χ2n) is 4.99. The van der Waals surface area contributed by atoms with Gasteiger partial charge < -0.3 is 5.11 Å². The molecule has 1 rings (SSSR count). The van der Waals surface area contributed by atoms with E-state index < -0.39 is 21.4 Å².